The van der Waals surface area contributed by atoms with Crippen LogP contribution in [0, 0.1) is 0 Å². The predicted octanol–water partition coefficient (Wildman–Crippen LogP) is 9.29. The minimum absolute atomic E-state index is 0.0530. The van der Waals surface area contributed by atoms with Crippen molar-refractivity contribution in [1.29, 1.82) is 0 Å². The van der Waals surface area contributed by atoms with Gasteiger partial charge in [-0.05, 0) is 75.7 Å². The molecule has 3 aliphatic heterocycles. The summed E-state index contributed by atoms with van der Waals surface area (Å²) in [7, 11) is 0. The Morgan fingerprint density at radius 1 is 0.740 bits per heavy atom. The molecule has 0 saturated heterocycles. The van der Waals surface area contributed by atoms with E-state index in [1.807, 2.05) is 19.1 Å². The SMILES string of the molecule is C/C=C\c1ccc2c(c1N)NC(c1ccc(C3=CC4NC(c5ccc6ccc(C7=CNC8C=CC=CC8=C7)nc6c5)=CC=C4C=C3)cc1)C=C2. The zero-order valence-corrected chi connectivity index (χ0v) is 27.8. The standard InChI is InChI=1S/C45H37N5/c1-2-5-32-14-15-33-20-23-39(50-45(33)44(32)46)29-10-8-28(9-11-29)34-16-12-30-18-21-40(48-42(30)25-34)36-17-13-31-19-22-41(49-43(31)26-36)37-24-35-6-3-4-7-38(35)47-27-37/h2-27,38-39,42,47-48,50H,46H2,1H3/b5-2-. The molecule has 5 heteroatoms. The summed E-state index contributed by atoms with van der Waals surface area (Å²) in [5, 5.41) is 12.1. The topological polar surface area (TPSA) is 75.0 Å². The van der Waals surface area contributed by atoms with Gasteiger partial charge >= 0.3 is 0 Å². The van der Waals surface area contributed by atoms with Gasteiger partial charge in [-0.25, -0.2) is 4.98 Å². The summed E-state index contributed by atoms with van der Waals surface area (Å²) in [4.78, 5) is 5.09. The van der Waals surface area contributed by atoms with Gasteiger partial charge in [0.05, 0.1) is 40.7 Å². The predicted molar refractivity (Wildman–Crippen MR) is 211 cm³/mol. The molecular weight excluding hydrogens is 611 g/mol. The van der Waals surface area contributed by atoms with Crippen molar-refractivity contribution in [2.75, 3.05) is 11.1 Å². The number of hydrogen-bond donors (Lipinski definition) is 4. The molecule has 5 aliphatic rings. The average Bonchev–Trinajstić information content (AvgIpc) is 3.18. The molecule has 50 heavy (non-hydrogen) atoms. The van der Waals surface area contributed by atoms with E-state index in [-0.39, 0.29) is 18.1 Å². The number of pyridine rings is 1. The fourth-order valence-electron chi connectivity index (χ4n) is 7.27. The Labute approximate surface area is 292 Å². The van der Waals surface area contributed by atoms with E-state index in [1.165, 1.54) is 27.8 Å². The number of nitrogens with one attached hydrogen (secondary N) is 3. The van der Waals surface area contributed by atoms with Crippen molar-refractivity contribution in [1.82, 2.24) is 15.6 Å². The molecule has 0 fully saturated rings. The molecule has 0 spiro atoms. The van der Waals surface area contributed by atoms with Crippen LogP contribution in [0.5, 0.6) is 0 Å². The highest BCUT2D eigenvalue weighted by Crippen LogP contribution is 2.37. The number of benzene rings is 3. The minimum Gasteiger partial charge on any atom is -0.397 e. The van der Waals surface area contributed by atoms with E-state index in [0.717, 1.165) is 55.9 Å². The molecule has 0 amide bonds. The van der Waals surface area contributed by atoms with Gasteiger partial charge in [0.15, 0.2) is 0 Å². The van der Waals surface area contributed by atoms with E-state index in [2.05, 4.69) is 162 Å². The van der Waals surface area contributed by atoms with Crippen LogP contribution in [0.15, 0.2) is 157 Å². The van der Waals surface area contributed by atoms with E-state index < -0.39 is 0 Å². The first-order valence-corrected chi connectivity index (χ1v) is 17.2. The van der Waals surface area contributed by atoms with Crippen LogP contribution in [-0.2, 0) is 0 Å². The normalized spacial score (nSPS) is 21.5. The highest BCUT2D eigenvalue weighted by molar-refractivity contribution is 5.89. The van der Waals surface area contributed by atoms with Crippen molar-refractivity contribution in [3.05, 3.63) is 190 Å². The number of aromatic nitrogens is 1. The van der Waals surface area contributed by atoms with Crippen LogP contribution in [0.4, 0.5) is 11.4 Å². The van der Waals surface area contributed by atoms with Gasteiger partial charge in [0.25, 0.3) is 0 Å². The lowest BCUT2D eigenvalue weighted by molar-refractivity contribution is 0.797. The van der Waals surface area contributed by atoms with Gasteiger partial charge in [-0.3, -0.25) is 0 Å². The summed E-state index contributed by atoms with van der Waals surface area (Å²) in [6.07, 6.45) is 32.4. The van der Waals surface area contributed by atoms with Crippen LogP contribution in [0.2, 0.25) is 0 Å². The summed E-state index contributed by atoms with van der Waals surface area (Å²) >= 11 is 0. The number of nitrogen functional groups attached to an aromatic ring is 1. The molecule has 0 radical (unpaired) electrons. The maximum atomic E-state index is 6.54. The number of allylic oxidation sites excluding steroid dienone is 9. The molecular formula is C45H37N5. The minimum atomic E-state index is 0.0530. The summed E-state index contributed by atoms with van der Waals surface area (Å²) in [6, 6.07) is 24.2. The molecule has 5 N–H and O–H groups in total. The van der Waals surface area contributed by atoms with E-state index in [0.29, 0.717) is 0 Å². The second-order valence-electron chi connectivity index (χ2n) is 13.2. The molecule has 9 rings (SSSR count). The van der Waals surface area contributed by atoms with Gasteiger partial charge in [0.1, 0.15) is 0 Å². The monoisotopic (exact) mass is 647 g/mol. The molecule has 5 nitrogen and oxygen atoms in total. The highest BCUT2D eigenvalue weighted by atomic mass is 14.9. The summed E-state index contributed by atoms with van der Waals surface area (Å²) in [5.41, 5.74) is 21.8. The first-order valence-electron chi connectivity index (χ1n) is 17.2. The molecule has 4 heterocycles. The first kappa shape index (κ1) is 29.8. The van der Waals surface area contributed by atoms with Crippen molar-refractivity contribution in [3.8, 4) is 0 Å². The van der Waals surface area contributed by atoms with Crippen LogP contribution in [-0.4, -0.2) is 17.1 Å². The van der Waals surface area contributed by atoms with Crippen molar-refractivity contribution < 1.29 is 0 Å². The number of anilines is 2. The Kier molecular flexibility index (Phi) is 7.32. The molecule has 3 unspecified atom stereocenters. The van der Waals surface area contributed by atoms with Gasteiger partial charge < -0.3 is 21.7 Å². The summed E-state index contributed by atoms with van der Waals surface area (Å²) in [5.74, 6) is 0. The van der Waals surface area contributed by atoms with Gasteiger partial charge in [-0.15, -0.1) is 0 Å². The van der Waals surface area contributed by atoms with Gasteiger partial charge in [-0.1, -0.05) is 128 Å². The Balaban J connectivity index is 0.924. The fraction of sp³-hybridized carbons (Fsp3) is 0.0889. The van der Waals surface area contributed by atoms with Crippen LogP contribution >= 0.6 is 0 Å². The van der Waals surface area contributed by atoms with Crippen LogP contribution in [0.3, 0.4) is 0 Å². The number of dihydropyridines is 2. The van der Waals surface area contributed by atoms with Crippen LogP contribution < -0.4 is 21.7 Å². The van der Waals surface area contributed by atoms with Gasteiger partial charge in [0.2, 0.25) is 0 Å². The second kappa shape index (κ2) is 12.3. The molecule has 1 aromatic heterocycles. The Bertz CT molecular complexity index is 2370. The quantitative estimate of drug-likeness (QED) is 0.163. The third kappa shape index (κ3) is 5.43. The van der Waals surface area contributed by atoms with Crippen LogP contribution in [0.25, 0.3) is 39.9 Å². The average molecular weight is 648 g/mol. The lowest BCUT2D eigenvalue weighted by atomic mass is 9.89. The van der Waals surface area contributed by atoms with E-state index in [1.54, 1.807) is 0 Å². The van der Waals surface area contributed by atoms with Gasteiger partial charge in [-0.2, -0.15) is 0 Å². The highest BCUT2D eigenvalue weighted by Gasteiger charge is 2.22. The zero-order valence-electron chi connectivity index (χ0n) is 27.8. The number of hydrogen-bond acceptors (Lipinski definition) is 5. The number of nitrogens with two attached hydrogens (primary N) is 1. The lowest BCUT2D eigenvalue weighted by Gasteiger charge is -2.27. The van der Waals surface area contributed by atoms with Gasteiger partial charge in [0, 0.05) is 22.9 Å². The number of rotatable bonds is 5. The van der Waals surface area contributed by atoms with Crippen molar-refractivity contribution in [3.63, 3.8) is 0 Å². The molecule has 2 aliphatic carbocycles. The molecule has 3 aromatic carbocycles. The third-order valence-corrected chi connectivity index (χ3v) is 10.0. The smallest absolute Gasteiger partial charge is 0.0724 e. The van der Waals surface area contributed by atoms with Crippen molar-refractivity contribution in [2.24, 2.45) is 0 Å². The Morgan fingerprint density at radius 3 is 2.52 bits per heavy atom. The molecule has 0 bridgehead atoms. The third-order valence-electron chi connectivity index (χ3n) is 10.0. The molecule has 0 saturated carbocycles. The lowest BCUT2D eigenvalue weighted by Crippen LogP contribution is -2.31. The Morgan fingerprint density at radius 2 is 1.62 bits per heavy atom. The fourth-order valence-corrected chi connectivity index (χ4v) is 7.27. The van der Waals surface area contributed by atoms with E-state index in [4.69, 9.17) is 10.7 Å². The maximum Gasteiger partial charge on any atom is 0.0724 e. The molecule has 4 aromatic rings. The Hall–Kier alpha value is -6.33. The zero-order chi connectivity index (χ0) is 33.6. The summed E-state index contributed by atoms with van der Waals surface area (Å²) in [6.45, 7) is 2.01. The van der Waals surface area contributed by atoms with Crippen LogP contribution in [0.1, 0.15) is 46.5 Å². The molecule has 3 atom stereocenters. The number of fused-ring (bicyclic) bond motifs is 4. The largest absolute Gasteiger partial charge is 0.397 e. The van der Waals surface area contributed by atoms with Crippen molar-refractivity contribution in [2.45, 2.75) is 25.0 Å². The first-order chi connectivity index (χ1) is 24.6. The van der Waals surface area contributed by atoms with E-state index >= 15 is 0 Å². The summed E-state index contributed by atoms with van der Waals surface area (Å²) < 4.78 is 0. The maximum absolute atomic E-state index is 6.54. The molecule has 242 valence electrons. The van der Waals surface area contributed by atoms with Crippen molar-refractivity contribution >= 4 is 51.3 Å². The second-order valence-corrected chi connectivity index (χ2v) is 13.2. The van der Waals surface area contributed by atoms with E-state index in [9.17, 15) is 0 Å². The number of nitrogens with zero attached hydrogens (tertiary/aromatic N) is 1.